The lowest BCUT2D eigenvalue weighted by Crippen LogP contribution is -2.61. The molecule has 0 saturated carbocycles. The number of carbonyl (C=O) groups is 14. The van der Waals surface area contributed by atoms with Gasteiger partial charge in [0.1, 0.15) is 72.2 Å². The molecule has 1 saturated heterocycles. The number of aromatic amines is 2. The van der Waals surface area contributed by atoms with Crippen LogP contribution in [0.4, 0.5) is 0 Å². The fourth-order valence-corrected chi connectivity index (χ4v) is 13.9. The minimum atomic E-state index is -1.85. The summed E-state index contributed by atoms with van der Waals surface area (Å²) < 4.78 is 1.53. The van der Waals surface area contributed by atoms with E-state index in [4.69, 9.17) is 28.0 Å². The lowest BCUT2D eigenvalue weighted by molar-refractivity contribution is -0.143. The van der Waals surface area contributed by atoms with Crippen molar-refractivity contribution >= 4 is 117 Å². The molecule has 0 bridgehead atoms. The minimum Gasteiger partial charge on any atom is -0.508 e. The zero-order valence-corrected chi connectivity index (χ0v) is 68.1. The van der Waals surface area contributed by atoms with Gasteiger partial charge in [-0.05, 0) is 71.7 Å². The van der Waals surface area contributed by atoms with Crippen LogP contribution < -0.4 is 91.6 Å². The first kappa shape index (κ1) is 93.5. The topological polar surface area (TPSA) is 652 Å². The summed E-state index contributed by atoms with van der Waals surface area (Å²) in [5.41, 5.74) is 18.9. The molecule has 43 heteroatoms. The van der Waals surface area contributed by atoms with Crippen LogP contribution in [0.25, 0.3) is 10.8 Å². The number of benzene rings is 4. The van der Waals surface area contributed by atoms with Crippen molar-refractivity contribution in [2.75, 3.05) is 51.3 Å². The van der Waals surface area contributed by atoms with Gasteiger partial charge in [0.25, 0.3) is 0 Å². The van der Waals surface area contributed by atoms with Gasteiger partial charge in [-0.25, -0.2) is 15.0 Å². The quantitative estimate of drug-likeness (QED) is 0.0144. The van der Waals surface area contributed by atoms with E-state index in [-0.39, 0.29) is 94.4 Å². The maximum atomic E-state index is 15.4. The number of primary amides is 1. The van der Waals surface area contributed by atoms with Gasteiger partial charge in [0.05, 0.1) is 55.8 Å². The molecule has 4 heterocycles. The molecule has 1 fully saturated rings. The maximum Gasteiger partial charge on any atom is 0.245 e. The maximum absolute atomic E-state index is 15.4. The lowest BCUT2D eigenvalue weighted by Gasteiger charge is -2.33. The normalized spacial score (nSPS) is 21.7. The number of nitrogens with one attached hydrogen (secondary N) is 18. The zero-order valence-electron chi connectivity index (χ0n) is 67.3. The highest BCUT2D eigenvalue weighted by atomic mass is 32.2. The standard InChI is InChI=1S/C79H104N26O16S/c1-4-53-69(113)99-57(28-46-18-21-47-14-8-9-15-48(47)26-46)72(116)100-58(30-49-33-85-41-92-49)67(111)91-37-65(109)95-61(38-106)75(119)98-55(17-11-25-89-79(83)84)77(121)105(3)63(29-45-19-22-52(107)23-20-45)76(120)102-59(31-50-34-86-42-93-50)73(117)97-54(16-10-24-88-78(81)82)70(114)101-60(32-51-35-87-43-104(51)2)74(118)103-62(68(112)90-36-64(80)108)39-122-40-66(110)94-56(71(115)96-53)27-44-12-6-5-7-13-44/h5-9,12-15,18-23,26,33-35,41-43,53-63,106-107H,4,10-11,16-17,24-25,27-32,36-40H2,1-3H3,(H2,80,108)(H,85,92)(H,86,93)(H,90,112)(H,91,111)(H,94,110)(H,95,109)(H,96,115)(H,97,117)(H,98,119)(H,99,113)(H,100,116)(H,101,114)(H,102,120)(H,103,118)(H4,81,82,88)(H4,83,84,89). The Morgan fingerprint density at radius 3 is 1.60 bits per heavy atom. The number of thioether (sulfide) groups is 1. The molecule has 11 atom stereocenters. The van der Waals surface area contributed by atoms with Crippen LogP contribution in [0.1, 0.15) is 72.8 Å². The van der Waals surface area contributed by atoms with Crippen molar-refractivity contribution in [3.63, 3.8) is 0 Å². The van der Waals surface area contributed by atoms with Crippen molar-refractivity contribution in [2.45, 2.75) is 144 Å². The van der Waals surface area contributed by atoms with E-state index in [2.05, 4.69) is 99.4 Å². The van der Waals surface area contributed by atoms with Crippen molar-refractivity contribution < 1.29 is 77.3 Å². The number of aryl methyl sites for hydroxylation is 1. The molecule has 42 nitrogen and oxygen atoms in total. The Hall–Kier alpha value is -14.0. The second-order valence-electron chi connectivity index (χ2n) is 28.8. The summed E-state index contributed by atoms with van der Waals surface area (Å²) >= 11 is 0.797. The molecule has 0 radical (unpaired) electrons. The summed E-state index contributed by atoms with van der Waals surface area (Å²) in [5, 5.41) is 74.7. The van der Waals surface area contributed by atoms with Crippen LogP contribution in [-0.2, 0) is 113 Å². The molecule has 0 spiro atoms. The average Bonchev–Trinajstić information content (AvgIpc) is 1.23. The molecule has 1 aliphatic heterocycles. The Labute approximate surface area is 704 Å². The number of aromatic nitrogens is 6. The SMILES string of the molecule is CCC1NC(=O)C(Cc2ccccc2)NC(=O)CSCC(C(=O)NCC(N)=O)NC(=O)C(Cc2cncn2C)NC(=O)C(CCCNC(=N)N)NC(=O)C(Cc2c[nH]cn2)NC(=O)C(Cc2ccc(O)cc2)N(C)C(=O)C(CCCNC(=N)N)NC(=O)C(CO)NC(=O)CNC(=O)C(Cc2c[nH]cn2)NC(=O)C(Cc2ccc3ccccc3c2)NC1=O. The van der Waals surface area contributed by atoms with Crippen molar-refractivity contribution in [1.29, 1.82) is 10.8 Å². The molecule has 1 aliphatic rings. The van der Waals surface area contributed by atoms with Crippen LogP contribution in [-0.4, -0.2) is 257 Å². The summed E-state index contributed by atoms with van der Waals surface area (Å²) in [5.74, 6) is -15.6. The van der Waals surface area contributed by atoms with Crippen LogP contribution in [0, 0.1) is 10.8 Å². The Kier molecular flexibility index (Phi) is 36.0. The van der Waals surface area contributed by atoms with Crippen LogP contribution in [0.2, 0.25) is 0 Å². The van der Waals surface area contributed by atoms with Gasteiger partial charge < -0.3 is 121 Å². The van der Waals surface area contributed by atoms with Crippen molar-refractivity contribution in [3.8, 4) is 5.75 Å². The molecule has 14 amide bonds. The number of aliphatic hydroxyl groups excluding tert-OH is 1. The van der Waals surface area contributed by atoms with Gasteiger partial charge in [0.15, 0.2) is 11.9 Å². The fraction of sp³-hybridized carbons (Fsp3) is 0.405. The van der Waals surface area contributed by atoms with Gasteiger partial charge in [-0.1, -0.05) is 91.9 Å². The van der Waals surface area contributed by atoms with E-state index >= 15 is 28.8 Å². The van der Waals surface area contributed by atoms with Crippen molar-refractivity contribution in [2.24, 2.45) is 24.2 Å². The first-order chi connectivity index (χ1) is 58.4. The number of amides is 14. The fourth-order valence-electron chi connectivity index (χ4n) is 13.0. The van der Waals surface area contributed by atoms with Crippen molar-refractivity contribution in [3.05, 3.63) is 168 Å². The van der Waals surface area contributed by atoms with Gasteiger partial charge in [-0.2, -0.15) is 0 Å². The number of likely N-dealkylation sites (N-methyl/N-ethyl adjacent to an activating group) is 1. The molecule has 122 heavy (non-hydrogen) atoms. The first-order valence-corrected chi connectivity index (χ1v) is 40.3. The van der Waals surface area contributed by atoms with Crippen LogP contribution in [0.5, 0.6) is 5.75 Å². The Balaban J connectivity index is 1.19. The van der Waals surface area contributed by atoms with Crippen LogP contribution in [0.15, 0.2) is 135 Å². The van der Waals surface area contributed by atoms with Crippen molar-refractivity contribution in [1.82, 2.24) is 109 Å². The molecule has 0 aliphatic carbocycles. The minimum absolute atomic E-state index is 0.00235. The molecule has 652 valence electrons. The number of hydrogen-bond acceptors (Lipinski definition) is 22. The number of phenols is 1. The third kappa shape index (κ3) is 29.8. The average molecular weight is 1710 g/mol. The molecule has 26 N–H and O–H groups in total. The summed E-state index contributed by atoms with van der Waals surface area (Å²) in [4.78, 5) is 223. The number of nitrogens with zero attached hydrogens (tertiary/aromatic N) is 5. The number of hydrogen-bond donors (Lipinski definition) is 23. The Morgan fingerprint density at radius 1 is 0.525 bits per heavy atom. The smallest absolute Gasteiger partial charge is 0.245 e. The Bertz CT molecular complexity index is 4790. The number of carbonyl (C=O) groups excluding carboxylic acids is 14. The van der Waals surface area contributed by atoms with Gasteiger partial charge in [-0.3, -0.25) is 77.9 Å². The van der Waals surface area contributed by atoms with E-state index in [0.29, 0.717) is 22.4 Å². The van der Waals surface area contributed by atoms with Gasteiger partial charge >= 0.3 is 0 Å². The number of rotatable bonds is 25. The van der Waals surface area contributed by atoms with E-state index in [1.807, 2.05) is 24.3 Å². The van der Waals surface area contributed by atoms with E-state index in [1.54, 1.807) is 62.5 Å². The number of imidazole rings is 3. The van der Waals surface area contributed by atoms with Crippen LogP contribution in [0.3, 0.4) is 0 Å². The lowest BCUT2D eigenvalue weighted by atomic mass is 10.00. The first-order valence-electron chi connectivity index (χ1n) is 39.1. The second-order valence-corrected chi connectivity index (χ2v) is 29.9. The molecule has 7 aromatic rings. The third-order valence-corrected chi connectivity index (χ3v) is 20.6. The zero-order chi connectivity index (χ0) is 88.4. The van der Waals surface area contributed by atoms with Crippen LogP contribution >= 0.6 is 11.8 Å². The number of aliphatic hydroxyl groups is 1. The number of aromatic hydroxyl groups is 1. The summed E-state index contributed by atoms with van der Waals surface area (Å²) in [7, 11) is 2.81. The van der Waals surface area contributed by atoms with Gasteiger partial charge in [0, 0.05) is 95.7 Å². The summed E-state index contributed by atoms with van der Waals surface area (Å²) in [6.07, 6.45) is 5.91. The summed E-state index contributed by atoms with van der Waals surface area (Å²) in [6.45, 7) is -1.21. The largest absolute Gasteiger partial charge is 0.508 e. The molecule has 3 aromatic heterocycles. The highest BCUT2D eigenvalue weighted by Gasteiger charge is 2.39. The van der Waals surface area contributed by atoms with E-state index < -0.39 is 199 Å². The molecule has 4 aromatic carbocycles. The van der Waals surface area contributed by atoms with E-state index in [1.165, 1.54) is 73.5 Å². The van der Waals surface area contributed by atoms with Gasteiger partial charge in [0.2, 0.25) is 82.7 Å². The number of phenolic OH excluding ortho intramolecular Hbond substituents is 1. The van der Waals surface area contributed by atoms with Gasteiger partial charge in [-0.15, -0.1) is 11.8 Å². The molecule has 11 unspecified atom stereocenters. The highest BCUT2D eigenvalue weighted by Crippen LogP contribution is 2.21. The molecule has 8 rings (SSSR count). The second kappa shape index (κ2) is 47.0. The Morgan fingerprint density at radius 2 is 1.02 bits per heavy atom. The highest BCUT2D eigenvalue weighted by molar-refractivity contribution is 8.00. The number of H-pyrrole nitrogens is 2. The van der Waals surface area contributed by atoms with E-state index in [9.17, 15) is 48.6 Å². The number of fused-ring (bicyclic) bond motifs is 1. The number of guanidine groups is 2. The third-order valence-electron chi connectivity index (χ3n) is 19.6. The summed E-state index contributed by atoms with van der Waals surface area (Å²) in [6, 6.07) is 9.16. The predicted octanol–water partition coefficient (Wildman–Crippen LogP) is -5.45. The molecular formula is C79H104N26O16S. The predicted molar refractivity (Wildman–Crippen MR) is 445 cm³/mol. The number of nitrogens with two attached hydrogens (primary N) is 3. The monoisotopic (exact) mass is 1700 g/mol. The van der Waals surface area contributed by atoms with E-state index in [0.717, 1.165) is 27.4 Å². The molecular weight excluding hydrogens is 1600 g/mol.